The van der Waals surface area contributed by atoms with Crippen molar-refractivity contribution in [1.82, 2.24) is 4.57 Å². The molecule has 0 amide bonds. The van der Waals surface area contributed by atoms with E-state index >= 15 is 0 Å². The molecule has 0 fully saturated rings. The third-order valence-electron chi connectivity index (χ3n) is 4.13. The van der Waals surface area contributed by atoms with Crippen LogP contribution in [-0.2, 0) is 13.0 Å². The molecule has 0 unspecified atom stereocenters. The topological polar surface area (TPSA) is 89.8 Å². The zero-order valence-corrected chi connectivity index (χ0v) is 13.9. The van der Waals surface area contributed by atoms with Crippen LogP contribution in [0.15, 0.2) is 60.9 Å². The molecule has 1 aromatic heterocycles. The Morgan fingerprint density at radius 1 is 1.00 bits per heavy atom. The van der Waals surface area contributed by atoms with Crippen molar-refractivity contribution in [3.63, 3.8) is 0 Å². The number of nitrogens with zero attached hydrogens (tertiary/aromatic N) is 3. The van der Waals surface area contributed by atoms with Gasteiger partial charge in [-0.15, -0.1) is 0 Å². The van der Waals surface area contributed by atoms with E-state index in [1.165, 1.54) is 0 Å². The Kier molecular flexibility index (Phi) is 4.83. The number of nitriles is 2. The van der Waals surface area contributed by atoms with Crippen LogP contribution in [0.5, 0.6) is 0 Å². The molecule has 0 bridgehead atoms. The molecule has 5 nitrogen and oxygen atoms in total. The van der Waals surface area contributed by atoms with E-state index in [0.717, 1.165) is 16.7 Å². The van der Waals surface area contributed by atoms with E-state index in [1.54, 1.807) is 35.2 Å². The van der Waals surface area contributed by atoms with Crippen LogP contribution in [0, 0.1) is 22.7 Å². The second-order valence-electron chi connectivity index (χ2n) is 5.97. The van der Waals surface area contributed by atoms with E-state index in [9.17, 15) is 10.1 Å². The second kappa shape index (κ2) is 7.38. The molecule has 0 radical (unpaired) electrons. The average Bonchev–Trinajstić information content (AvgIpc) is 3.12. The van der Waals surface area contributed by atoms with Gasteiger partial charge in [-0.2, -0.15) is 10.5 Å². The van der Waals surface area contributed by atoms with Crippen molar-refractivity contribution in [1.29, 1.82) is 10.5 Å². The third kappa shape index (κ3) is 3.80. The highest BCUT2D eigenvalue weighted by molar-refractivity contribution is 5.87. The van der Waals surface area contributed by atoms with Gasteiger partial charge >= 0.3 is 5.97 Å². The summed E-state index contributed by atoms with van der Waals surface area (Å²) in [6.45, 7) is 0.499. The Labute approximate surface area is 151 Å². The fraction of sp³-hybridized carbons (Fsp3) is 0.0952. The Hall–Kier alpha value is -3.83. The molecule has 0 saturated heterocycles. The fourth-order valence-electron chi connectivity index (χ4n) is 2.77. The Bertz CT molecular complexity index is 1030. The molecule has 0 aliphatic carbocycles. The molecule has 2 aromatic carbocycles. The quantitative estimate of drug-likeness (QED) is 0.768. The van der Waals surface area contributed by atoms with Gasteiger partial charge in [0.15, 0.2) is 0 Å². The van der Waals surface area contributed by atoms with Gasteiger partial charge in [-0.25, -0.2) is 4.79 Å². The lowest BCUT2D eigenvalue weighted by atomic mass is 9.98. The van der Waals surface area contributed by atoms with Crippen LogP contribution in [0.3, 0.4) is 0 Å². The van der Waals surface area contributed by atoms with Crippen molar-refractivity contribution in [2.24, 2.45) is 0 Å². The minimum absolute atomic E-state index is 0.239. The summed E-state index contributed by atoms with van der Waals surface area (Å²) in [4.78, 5) is 11.0. The first-order chi connectivity index (χ1) is 12.6. The lowest BCUT2D eigenvalue weighted by Gasteiger charge is -2.08. The zero-order valence-electron chi connectivity index (χ0n) is 13.9. The van der Waals surface area contributed by atoms with Gasteiger partial charge in [-0.3, -0.25) is 0 Å². The van der Waals surface area contributed by atoms with Gasteiger partial charge in [0.2, 0.25) is 0 Å². The highest BCUT2D eigenvalue weighted by Gasteiger charge is 2.08. The van der Waals surface area contributed by atoms with Gasteiger partial charge < -0.3 is 9.67 Å². The van der Waals surface area contributed by atoms with Crippen molar-refractivity contribution in [2.45, 2.75) is 13.0 Å². The van der Waals surface area contributed by atoms with Crippen LogP contribution >= 0.6 is 0 Å². The summed E-state index contributed by atoms with van der Waals surface area (Å²) < 4.78 is 1.78. The lowest BCUT2D eigenvalue weighted by Crippen LogP contribution is -2.00. The number of hydrogen-bond acceptors (Lipinski definition) is 3. The first kappa shape index (κ1) is 17.0. The van der Waals surface area contributed by atoms with Crippen LogP contribution in [0.4, 0.5) is 0 Å². The van der Waals surface area contributed by atoms with Crippen molar-refractivity contribution in [3.05, 3.63) is 94.3 Å². The van der Waals surface area contributed by atoms with Gasteiger partial charge in [0.25, 0.3) is 0 Å². The maximum atomic E-state index is 11.0. The summed E-state index contributed by atoms with van der Waals surface area (Å²) in [6, 6.07) is 18.9. The van der Waals surface area contributed by atoms with Crippen LogP contribution < -0.4 is 0 Å². The molecular weight excluding hydrogens is 326 g/mol. The number of benzene rings is 2. The monoisotopic (exact) mass is 341 g/mol. The van der Waals surface area contributed by atoms with E-state index in [1.807, 2.05) is 30.3 Å². The van der Waals surface area contributed by atoms with Crippen LogP contribution in [0.2, 0.25) is 0 Å². The molecule has 0 atom stereocenters. The van der Waals surface area contributed by atoms with Gasteiger partial charge in [0, 0.05) is 18.9 Å². The highest BCUT2D eigenvalue weighted by atomic mass is 16.4. The van der Waals surface area contributed by atoms with Gasteiger partial charge in [-0.05, 0) is 47.4 Å². The molecule has 5 heteroatoms. The maximum Gasteiger partial charge on any atom is 0.337 e. The molecule has 0 spiro atoms. The van der Waals surface area contributed by atoms with Crippen molar-refractivity contribution < 1.29 is 9.90 Å². The Morgan fingerprint density at radius 2 is 1.73 bits per heavy atom. The summed E-state index contributed by atoms with van der Waals surface area (Å²) in [5, 5.41) is 27.3. The van der Waals surface area contributed by atoms with Crippen molar-refractivity contribution in [2.75, 3.05) is 0 Å². The minimum atomic E-state index is -0.959. The van der Waals surface area contributed by atoms with Gasteiger partial charge in [0.05, 0.1) is 28.8 Å². The predicted octanol–water partition coefficient (Wildman–Crippen LogP) is 3.57. The number of aromatic nitrogens is 1. The summed E-state index contributed by atoms with van der Waals surface area (Å²) >= 11 is 0. The molecule has 0 saturated carbocycles. The minimum Gasteiger partial charge on any atom is -0.478 e. The molecule has 1 N–H and O–H groups in total. The van der Waals surface area contributed by atoms with E-state index in [4.69, 9.17) is 10.4 Å². The summed E-state index contributed by atoms with van der Waals surface area (Å²) in [5.41, 5.74) is 4.32. The molecule has 0 aliphatic rings. The number of carboxylic acid groups (broad SMARTS) is 1. The molecule has 3 aromatic rings. The number of hydrogen-bond donors (Lipinski definition) is 1. The molecule has 26 heavy (non-hydrogen) atoms. The standard InChI is InChI=1S/C21H15N3O2/c22-11-16-3-1-15(2-4-16)9-18-6-5-17(10-20(18)12-23)13-24-8-7-19(14-24)21(25)26/h1-8,10,14H,9,13H2,(H,25,26). The number of aromatic carboxylic acids is 1. The molecule has 1 heterocycles. The normalized spacial score (nSPS) is 10.1. The van der Waals surface area contributed by atoms with Crippen molar-refractivity contribution >= 4 is 5.97 Å². The zero-order chi connectivity index (χ0) is 18.5. The molecular formula is C21H15N3O2. The van der Waals surface area contributed by atoms with Crippen LogP contribution in [0.25, 0.3) is 0 Å². The third-order valence-corrected chi connectivity index (χ3v) is 4.13. The average molecular weight is 341 g/mol. The van der Waals surface area contributed by atoms with Crippen LogP contribution in [0.1, 0.15) is 38.2 Å². The molecule has 126 valence electrons. The number of carbonyl (C=O) groups is 1. The van der Waals surface area contributed by atoms with E-state index < -0.39 is 5.97 Å². The molecule has 3 rings (SSSR count). The van der Waals surface area contributed by atoms with Gasteiger partial charge in [0.1, 0.15) is 0 Å². The summed E-state index contributed by atoms with van der Waals surface area (Å²) in [5.74, 6) is -0.959. The Morgan fingerprint density at radius 3 is 2.35 bits per heavy atom. The fourth-order valence-corrected chi connectivity index (χ4v) is 2.77. The predicted molar refractivity (Wildman–Crippen MR) is 95.6 cm³/mol. The largest absolute Gasteiger partial charge is 0.478 e. The molecule has 0 aliphatic heterocycles. The smallest absolute Gasteiger partial charge is 0.337 e. The van der Waals surface area contributed by atoms with E-state index in [2.05, 4.69) is 12.1 Å². The second-order valence-corrected chi connectivity index (χ2v) is 5.97. The van der Waals surface area contributed by atoms with Crippen molar-refractivity contribution in [3.8, 4) is 12.1 Å². The summed E-state index contributed by atoms with van der Waals surface area (Å²) in [6.07, 6.45) is 3.89. The first-order valence-electron chi connectivity index (χ1n) is 7.99. The van der Waals surface area contributed by atoms with E-state index in [0.29, 0.717) is 24.1 Å². The Balaban J connectivity index is 1.79. The number of rotatable bonds is 5. The van der Waals surface area contributed by atoms with E-state index in [-0.39, 0.29) is 5.56 Å². The maximum absolute atomic E-state index is 11.0. The number of carboxylic acids is 1. The summed E-state index contributed by atoms with van der Waals surface area (Å²) in [7, 11) is 0. The van der Waals surface area contributed by atoms with Crippen LogP contribution in [-0.4, -0.2) is 15.6 Å². The highest BCUT2D eigenvalue weighted by Crippen LogP contribution is 2.18. The van der Waals surface area contributed by atoms with Gasteiger partial charge in [-0.1, -0.05) is 24.3 Å². The first-order valence-corrected chi connectivity index (χ1v) is 7.99. The lowest BCUT2D eigenvalue weighted by molar-refractivity contribution is 0.0697. The SMILES string of the molecule is N#Cc1ccc(Cc2ccc(Cn3ccc(C(=O)O)c3)cc2C#N)cc1.